The lowest BCUT2D eigenvalue weighted by atomic mass is 9.76. The number of nitrogens with zero attached hydrogens (tertiary/aromatic N) is 1. The number of rotatable bonds is 7. The molecule has 3 N–H and O–H groups in total. The summed E-state index contributed by atoms with van der Waals surface area (Å²) in [6, 6.07) is 17.9. The van der Waals surface area contributed by atoms with Crippen molar-refractivity contribution in [2.75, 3.05) is 5.32 Å². The van der Waals surface area contributed by atoms with Crippen molar-refractivity contribution in [3.05, 3.63) is 109 Å². The molecule has 2 aromatic carbocycles. The highest BCUT2D eigenvalue weighted by molar-refractivity contribution is 7.12. The molecule has 0 spiro atoms. The first kappa shape index (κ1) is 28.4. The third-order valence-corrected chi connectivity index (χ3v) is 9.66. The third kappa shape index (κ3) is 5.35. The maximum absolute atomic E-state index is 14.6. The molecule has 1 fully saturated rings. The number of carbonyl (C=O) groups is 4. The first-order valence-corrected chi connectivity index (χ1v) is 15.0. The average molecular weight is 586 g/mol. The number of thiophene rings is 2. The first-order chi connectivity index (χ1) is 19.6. The summed E-state index contributed by atoms with van der Waals surface area (Å²) in [6.45, 7) is 7.25. The van der Waals surface area contributed by atoms with Crippen LogP contribution in [0, 0.1) is 26.7 Å². The summed E-state index contributed by atoms with van der Waals surface area (Å²) in [6.07, 6.45) is 0. The number of nitrogens with two attached hydrogens (primary N) is 1. The molecule has 0 radical (unpaired) electrons. The Morgan fingerprint density at radius 1 is 0.927 bits per heavy atom. The van der Waals surface area contributed by atoms with Gasteiger partial charge in [-0.25, -0.2) is 0 Å². The molecule has 4 aromatic rings. The van der Waals surface area contributed by atoms with Crippen LogP contribution >= 0.6 is 22.7 Å². The zero-order valence-electron chi connectivity index (χ0n) is 23.2. The van der Waals surface area contributed by atoms with E-state index in [2.05, 4.69) is 5.32 Å². The number of hydrogen-bond acceptors (Lipinski definition) is 6. The molecule has 1 aliphatic heterocycles. The van der Waals surface area contributed by atoms with Crippen molar-refractivity contribution in [3.8, 4) is 0 Å². The normalized spacial score (nSPS) is 20.1. The summed E-state index contributed by atoms with van der Waals surface area (Å²) in [5, 5.41) is 4.69. The Morgan fingerprint density at radius 3 is 2.15 bits per heavy atom. The topological polar surface area (TPSA) is 110 Å². The lowest BCUT2D eigenvalue weighted by molar-refractivity contribution is -0.122. The second kappa shape index (κ2) is 11.4. The number of Topliss-reactive ketones (excluding diaryl/α,β-unsaturated/α-hetero) is 1. The summed E-state index contributed by atoms with van der Waals surface area (Å²) < 4.78 is 0. The number of aryl methyl sites for hydroxylation is 3. The predicted octanol–water partition coefficient (Wildman–Crippen LogP) is 6.03. The van der Waals surface area contributed by atoms with Crippen LogP contribution in [0.4, 0.5) is 5.69 Å². The SMILES string of the molecule is CC(=O)Nc1ccc(C2C(C(=O)c3cc(C)sc3C)C(c3sccc3C)N(C(=O)c3ccccc3)C2C(N)=O)cc1. The van der Waals surface area contributed by atoms with Gasteiger partial charge >= 0.3 is 0 Å². The lowest BCUT2D eigenvalue weighted by Gasteiger charge is -2.30. The average Bonchev–Trinajstić information content (AvgIpc) is 3.62. The monoisotopic (exact) mass is 585 g/mol. The standard InChI is InChI=1S/C32H31N3O4S2/c1-17-14-15-40-30(17)27-26(29(37)24-16-18(2)41-19(24)3)25(21-10-12-23(13-11-21)34-20(4)36)28(31(33)38)35(27)32(39)22-8-6-5-7-9-22/h5-16,25-28H,1-4H3,(H2,33,38)(H,34,36). The van der Waals surface area contributed by atoms with Crippen molar-refractivity contribution in [2.45, 2.75) is 45.7 Å². The van der Waals surface area contributed by atoms with Crippen molar-refractivity contribution in [3.63, 3.8) is 0 Å². The second-order valence-electron chi connectivity index (χ2n) is 10.4. The Labute approximate surface area is 247 Å². The largest absolute Gasteiger partial charge is 0.368 e. The number of benzene rings is 2. The molecule has 4 unspecified atom stereocenters. The zero-order valence-corrected chi connectivity index (χ0v) is 24.8. The van der Waals surface area contributed by atoms with Crippen molar-refractivity contribution in [1.29, 1.82) is 0 Å². The Morgan fingerprint density at radius 2 is 1.61 bits per heavy atom. The number of anilines is 1. The van der Waals surface area contributed by atoms with Gasteiger partial charge < -0.3 is 16.0 Å². The van der Waals surface area contributed by atoms with E-state index >= 15 is 0 Å². The molecule has 7 nitrogen and oxygen atoms in total. The summed E-state index contributed by atoms with van der Waals surface area (Å²) in [5.74, 6) is -2.88. The van der Waals surface area contributed by atoms with Crippen LogP contribution in [0.3, 0.4) is 0 Å². The Balaban J connectivity index is 1.76. The van der Waals surface area contributed by atoms with Gasteiger partial charge in [0, 0.05) is 44.3 Å². The van der Waals surface area contributed by atoms with Gasteiger partial charge in [0.05, 0.1) is 12.0 Å². The molecule has 9 heteroatoms. The summed E-state index contributed by atoms with van der Waals surface area (Å²) >= 11 is 3.01. The number of nitrogens with one attached hydrogen (secondary N) is 1. The number of amides is 3. The van der Waals surface area contributed by atoms with E-state index in [9.17, 15) is 19.2 Å². The molecular weight excluding hydrogens is 555 g/mol. The molecule has 210 valence electrons. The molecule has 3 amide bonds. The van der Waals surface area contributed by atoms with Crippen LogP contribution in [0.25, 0.3) is 0 Å². The molecule has 1 saturated heterocycles. The van der Waals surface area contributed by atoms with E-state index in [1.54, 1.807) is 64.8 Å². The molecule has 1 aliphatic rings. The molecule has 4 atom stereocenters. The van der Waals surface area contributed by atoms with Crippen molar-refractivity contribution in [2.24, 2.45) is 11.7 Å². The van der Waals surface area contributed by atoms with Gasteiger partial charge in [-0.2, -0.15) is 0 Å². The fourth-order valence-electron chi connectivity index (χ4n) is 5.93. The summed E-state index contributed by atoms with van der Waals surface area (Å²) in [7, 11) is 0. The number of primary amides is 1. The van der Waals surface area contributed by atoms with E-state index in [0.29, 0.717) is 22.4 Å². The quantitative estimate of drug-likeness (QED) is 0.258. The minimum absolute atomic E-state index is 0.129. The highest BCUT2D eigenvalue weighted by atomic mass is 32.1. The predicted molar refractivity (Wildman–Crippen MR) is 162 cm³/mol. The first-order valence-electron chi connectivity index (χ1n) is 13.3. The smallest absolute Gasteiger partial charge is 0.255 e. The molecular formula is C32H31N3O4S2. The van der Waals surface area contributed by atoms with Gasteiger partial charge in [-0.3, -0.25) is 19.2 Å². The minimum Gasteiger partial charge on any atom is -0.368 e. The van der Waals surface area contributed by atoms with E-state index in [1.165, 1.54) is 18.3 Å². The zero-order chi connectivity index (χ0) is 29.4. The molecule has 0 bridgehead atoms. The van der Waals surface area contributed by atoms with Gasteiger partial charge in [0.15, 0.2) is 5.78 Å². The summed E-state index contributed by atoms with van der Waals surface area (Å²) in [4.78, 5) is 58.2. The highest BCUT2D eigenvalue weighted by Gasteiger charge is 2.57. The van der Waals surface area contributed by atoms with Crippen LogP contribution < -0.4 is 11.1 Å². The van der Waals surface area contributed by atoms with Gasteiger partial charge in [-0.05, 0) is 73.7 Å². The van der Waals surface area contributed by atoms with Gasteiger partial charge in [0.25, 0.3) is 5.91 Å². The van der Waals surface area contributed by atoms with E-state index < -0.39 is 29.8 Å². The second-order valence-corrected chi connectivity index (χ2v) is 12.8. The molecule has 0 saturated carbocycles. The Hall–Kier alpha value is -4.08. The van der Waals surface area contributed by atoms with Crippen LogP contribution in [0.1, 0.15) is 65.4 Å². The van der Waals surface area contributed by atoms with E-state index in [0.717, 1.165) is 20.2 Å². The fraction of sp³-hybridized carbons (Fsp3) is 0.250. The van der Waals surface area contributed by atoms with Crippen LogP contribution in [-0.4, -0.2) is 34.4 Å². The number of ketones is 1. The molecule has 5 rings (SSSR count). The van der Waals surface area contributed by atoms with Crippen molar-refractivity contribution >= 4 is 51.9 Å². The minimum atomic E-state index is -1.09. The van der Waals surface area contributed by atoms with Gasteiger partial charge in [-0.1, -0.05) is 30.3 Å². The molecule has 3 heterocycles. The lowest BCUT2D eigenvalue weighted by Crippen LogP contribution is -2.46. The number of likely N-dealkylation sites (tertiary alicyclic amines) is 1. The third-order valence-electron chi connectivity index (χ3n) is 7.61. The molecule has 2 aromatic heterocycles. The van der Waals surface area contributed by atoms with Gasteiger partial charge in [-0.15, -0.1) is 22.7 Å². The van der Waals surface area contributed by atoms with Crippen molar-refractivity contribution < 1.29 is 19.2 Å². The Bertz CT molecular complexity index is 1620. The van der Waals surface area contributed by atoms with Crippen LogP contribution in [-0.2, 0) is 9.59 Å². The van der Waals surface area contributed by atoms with Gasteiger partial charge in [0.1, 0.15) is 6.04 Å². The Kier molecular flexibility index (Phi) is 7.93. The van der Waals surface area contributed by atoms with Crippen LogP contribution in [0.5, 0.6) is 0 Å². The number of carbonyl (C=O) groups excluding carboxylic acids is 4. The molecule has 0 aliphatic carbocycles. The van der Waals surface area contributed by atoms with Gasteiger partial charge in [0.2, 0.25) is 11.8 Å². The fourth-order valence-corrected chi connectivity index (χ4v) is 7.93. The van der Waals surface area contributed by atoms with Crippen molar-refractivity contribution in [1.82, 2.24) is 4.90 Å². The summed E-state index contributed by atoms with van der Waals surface area (Å²) in [5.41, 5.74) is 9.34. The molecule has 41 heavy (non-hydrogen) atoms. The number of hydrogen-bond donors (Lipinski definition) is 2. The van der Waals surface area contributed by atoms with E-state index in [-0.39, 0.29) is 17.6 Å². The maximum Gasteiger partial charge on any atom is 0.255 e. The van der Waals surface area contributed by atoms with E-state index in [1.807, 2.05) is 44.4 Å². The van der Waals surface area contributed by atoms with E-state index in [4.69, 9.17) is 5.73 Å². The highest BCUT2D eigenvalue weighted by Crippen LogP contribution is 2.53. The maximum atomic E-state index is 14.6. The van der Waals surface area contributed by atoms with Crippen LogP contribution in [0.2, 0.25) is 0 Å². The van der Waals surface area contributed by atoms with Crippen LogP contribution in [0.15, 0.2) is 72.1 Å².